The molecule has 0 saturated heterocycles. The van der Waals surface area contributed by atoms with Crippen molar-refractivity contribution >= 4 is 5.96 Å². The fraction of sp³-hybridized carbons (Fsp3) is 0.571. The lowest BCUT2D eigenvalue weighted by molar-refractivity contribution is 0.478. The monoisotopic (exact) mass is 210 g/mol. The number of aromatic amines is 1. The second-order valence-electron chi connectivity index (χ2n) is 2.96. The van der Waals surface area contributed by atoms with Crippen molar-refractivity contribution in [3.8, 4) is 6.07 Å². The van der Waals surface area contributed by atoms with Crippen LogP contribution in [0.3, 0.4) is 0 Å². The predicted molar refractivity (Wildman–Crippen MR) is 54.0 cm³/mol. The van der Waals surface area contributed by atoms with Gasteiger partial charge in [0.05, 0.1) is 0 Å². The lowest BCUT2D eigenvalue weighted by Gasteiger charge is -2.19. The van der Waals surface area contributed by atoms with Crippen molar-refractivity contribution in [2.45, 2.75) is 0 Å². The van der Waals surface area contributed by atoms with E-state index < -0.39 is 0 Å². The first kappa shape index (κ1) is 12.8. The molecule has 1 rings (SSSR count). The zero-order chi connectivity index (χ0) is 11.8. The average molecular weight is 210 g/mol. The Morgan fingerprint density at radius 2 is 1.87 bits per heavy atom. The molecule has 0 radical (unpaired) electrons. The first-order valence-electron chi connectivity index (χ1n) is 4.05. The molecule has 1 heterocycles. The number of guanidine groups is 1. The van der Waals surface area contributed by atoms with Crippen molar-refractivity contribution in [3.63, 3.8) is 0 Å². The van der Waals surface area contributed by atoms with E-state index in [0.29, 0.717) is 5.96 Å². The summed E-state index contributed by atoms with van der Waals surface area (Å²) in [5, 5.41) is 27.2. The summed E-state index contributed by atoms with van der Waals surface area (Å²) >= 11 is 0. The second kappa shape index (κ2) is 6.31. The zero-order valence-corrected chi connectivity index (χ0v) is 9.18. The highest BCUT2D eigenvalue weighted by Crippen LogP contribution is 1.80. The quantitative estimate of drug-likeness (QED) is 0.425. The summed E-state index contributed by atoms with van der Waals surface area (Å²) in [5.74, 6) is 0.588. The van der Waals surface area contributed by atoms with Gasteiger partial charge in [-0.2, -0.15) is 10.5 Å². The van der Waals surface area contributed by atoms with E-state index in [1.165, 1.54) is 0 Å². The van der Waals surface area contributed by atoms with Gasteiger partial charge in [-0.1, -0.05) is 5.10 Å². The first-order chi connectivity index (χ1) is 6.99. The van der Waals surface area contributed by atoms with Crippen LogP contribution in [0.1, 0.15) is 5.82 Å². The molecule has 0 aromatic carbocycles. The summed E-state index contributed by atoms with van der Waals surface area (Å²) in [6, 6.07) is 1.69. The maximum atomic E-state index is 7.99. The van der Waals surface area contributed by atoms with Crippen molar-refractivity contribution < 1.29 is 0 Å². The van der Waals surface area contributed by atoms with Gasteiger partial charge in [0, 0.05) is 28.2 Å². The van der Waals surface area contributed by atoms with Crippen molar-refractivity contribution in [1.29, 1.82) is 10.7 Å². The molecule has 0 saturated carbocycles. The Morgan fingerprint density at radius 1 is 1.33 bits per heavy atom. The molecule has 2 N–H and O–H groups in total. The normalized spacial score (nSPS) is 8.20. The number of nitrogens with one attached hydrogen (secondary N) is 2. The van der Waals surface area contributed by atoms with E-state index >= 15 is 0 Å². The van der Waals surface area contributed by atoms with Crippen molar-refractivity contribution in [2.75, 3.05) is 28.2 Å². The Kier molecular flexibility index (Phi) is 5.40. The predicted octanol–water partition coefficient (Wildman–Crippen LogP) is -0.884. The van der Waals surface area contributed by atoms with Crippen molar-refractivity contribution in [3.05, 3.63) is 5.82 Å². The molecule has 15 heavy (non-hydrogen) atoms. The summed E-state index contributed by atoms with van der Waals surface area (Å²) < 4.78 is 0. The third kappa shape index (κ3) is 5.20. The SMILES string of the molecule is CN(C)C(=N)N(C)C.N#Cc1nn[nH]n1. The van der Waals surface area contributed by atoms with Crippen LogP contribution >= 0.6 is 0 Å². The number of tetrazole rings is 1. The van der Waals surface area contributed by atoms with E-state index in [-0.39, 0.29) is 5.82 Å². The molecule has 1 aromatic heterocycles. The molecule has 1 aromatic rings. The van der Waals surface area contributed by atoms with Crippen LogP contribution in [0, 0.1) is 16.7 Å². The fourth-order valence-electron chi connectivity index (χ4n) is 0.609. The Bertz CT molecular complexity index is 309. The van der Waals surface area contributed by atoms with Gasteiger partial charge in [0.25, 0.3) is 5.82 Å². The molecule has 0 unspecified atom stereocenters. The molecule has 0 aliphatic rings. The summed E-state index contributed by atoms with van der Waals surface area (Å²) in [6.07, 6.45) is 0. The molecule has 0 amide bonds. The molecule has 0 spiro atoms. The van der Waals surface area contributed by atoms with Gasteiger partial charge in [-0.15, -0.1) is 5.10 Å². The molecular formula is C7H14N8. The summed E-state index contributed by atoms with van der Waals surface area (Å²) in [7, 11) is 7.40. The minimum Gasteiger partial charge on any atom is -0.349 e. The molecule has 0 atom stereocenters. The van der Waals surface area contributed by atoms with Gasteiger partial charge >= 0.3 is 0 Å². The van der Waals surface area contributed by atoms with Gasteiger partial charge < -0.3 is 9.80 Å². The molecule has 8 heteroatoms. The van der Waals surface area contributed by atoms with Crippen LogP contribution in [-0.2, 0) is 0 Å². The van der Waals surface area contributed by atoms with Gasteiger partial charge in [0.2, 0.25) is 0 Å². The maximum Gasteiger partial charge on any atom is 0.273 e. The number of rotatable bonds is 0. The van der Waals surface area contributed by atoms with Crippen molar-refractivity contribution in [2.24, 2.45) is 0 Å². The molecule has 0 fully saturated rings. The lowest BCUT2D eigenvalue weighted by atomic mass is 10.7. The summed E-state index contributed by atoms with van der Waals surface area (Å²) in [4.78, 5) is 3.50. The van der Waals surface area contributed by atoms with E-state index in [9.17, 15) is 0 Å². The minimum absolute atomic E-state index is 0.0694. The van der Waals surface area contributed by atoms with Crippen molar-refractivity contribution in [1.82, 2.24) is 30.4 Å². The largest absolute Gasteiger partial charge is 0.349 e. The number of nitriles is 1. The third-order valence-corrected chi connectivity index (χ3v) is 1.29. The Balaban J connectivity index is 0.000000262. The zero-order valence-electron chi connectivity index (χ0n) is 9.18. The van der Waals surface area contributed by atoms with Gasteiger partial charge in [-0.05, 0) is 5.21 Å². The smallest absolute Gasteiger partial charge is 0.273 e. The van der Waals surface area contributed by atoms with E-state index in [1.54, 1.807) is 15.9 Å². The highest BCUT2D eigenvalue weighted by molar-refractivity contribution is 5.75. The highest BCUT2D eigenvalue weighted by Gasteiger charge is 1.97. The van der Waals surface area contributed by atoms with Crippen LogP contribution in [0.4, 0.5) is 0 Å². The maximum absolute atomic E-state index is 7.99. The number of H-pyrrole nitrogens is 1. The van der Waals surface area contributed by atoms with Crippen LogP contribution < -0.4 is 0 Å². The van der Waals surface area contributed by atoms with Crippen LogP contribution in [0.2, 0.25) is 0 Å². The second-order valence-corrected chi connectivity index (χ2v) is 2.96. The molecule has 82 valence electrons. The Hall–Kier alpha value is -2.17. The lowest BCUT2D eigenvalue weighted by Crippen LogP contribution is -2.34. The van der Waals surface area contributed by atoms with Crippen LogP contribution in [-0.4, -0.2) is 64.6 Å². The topological polar surface area (TPSA) is 109 Å². The minimum atomic E-state index is 0.0694. The van der Waals surface area contributed by atoms with Gasteiger partial charge in [-0.3, -0.25) is 5.41 Å². The van der Waals surface area contributed by atoms with E-state index in [1.807, 2.05) is 28.2 Å². The molecular weight excluding hydrogens is 196 g/mol. The molecule has 8 nitrogen and oxygen atoms in total. The highest BCUT2D eigenvalue weighted by atomic mass is 15.5. The van der Waals surface area contributed by atoms with E-state index in [2.05, 4.69) is 20.6 Å². The average Bonchev–Trinajstić information content (AvgIpc) is 2.69. The number of aromatic nitrogens is 4. The number of hydrogen-bond donors (Lipinski definition) is 2. The molecule has 0 aliphatic heterocycles. The van der Waals surface area contributed by atoms with Gasteiger partial charge in [0.1, 0.15) is 6.07 Å². The number of nitrogens with zero attached hydrogens (tertiary/aromatic N) is 6. The third-order valence-electron chi connectivity index (χ3n) is 1.29. The standard InChI is InChI=1S/C5H13N3.C2HN5/c1-7(2)5(6)8(3)4;3-1-2-4-6-7-5-2/h6H,1-4H3;(H,4,5,6,7). The van der Waals surface area contributed by atoms with Crippen LogP contribution in [0.25, 0.3) is 0 Å². The summed E-state index contributed by atoms with van der Waals surface area (Å²) in [6.45, 7) is 0. The van der Waals surface area contributed by atoms with Crippen LogP contribution in [0.5, 0.6) is 0 Å². The molecule has 0 bridgehead atoms. The first-order valence-corrected chi connectivity index (χ1v) is 4.05. The van der Waals surface area contributed by atoms with Gasteiger partial charge in [-0.25, -0.2) is 0 Å². The molecule has 0 aliphatic carbocycles. The summed E-state index contributed by atoms with van der Waals surface area (Å²) in [5.41, 5.74) is 0. The van der Waals surface area contributed by atoms with Crippen LogP contribution in [0.15, 0.2) is 0 Å². The van der Waals surface area contributed by atoms with E-state index in [0.717, 1.165) is 0 Å². The van der Waals surface area contributed by atoms with Gasteiger partial charge in [0.15, 0.2) is 5.96 Å². The van der Waals surface area contributed by atoms with E-state index in [4.69, 9.17) is 10.7 Å². The Labute approximate surface area is 88.0 Å². The fourth-order valence-corrected chi connectivity index (χ4v) is 0.609. The Morgan fingerprint density at radius 3 is 2.00 bits per heavy atom. The number of hydrogen-bond acceptors (Lipinski definition) is 5.